The summed E-state index contributed by atoms with van der Waals surface area (Å²) < 4.78 is 47.6. The van der Waals surface area contributed by atoms with Crippen LogP contribution in [0.3, 0.4) is 0 Å². The zero-order valence-electron chi connectivity index (χ0n) is 16.7. The van der Waals surface area contributed by atoms with Gasteiger partial charge in [0.15, 0.2) is 6.61 Å². The predicted octanol–water partition coefficient (Wildman–Crippen LogP) is 3.05. The van der Waals surface area contributed by atoms with Gasteiger partial charge in [-0.3, -0.25) is 9.78 Å². The molecule has 10 heteroatoms. The lowest BCUT2D eigenvalue weighted by Gasteiger charge is -2.29. The number of carbonyl (C=O) groups is 1. The average molecular weight is 424 g/mol. The molecule has 2 aromatic heterocycles. The van der Waals surface area contributed by atoms with Crippen molar-refractivity contribution in [1.29, 1.82) is 0 Å². The Morgan fingerprint density at radius 3 is 2.70 bits per heavy atom. The van der Waals surface area contributed by atoms with Crippen molar-refractivity contribution in [2.24, 2.45) is 0 Å². The first kappa shape index (κ1) is 21.8. The molecule has 162 valence electrons. The van der Waals surface area contributed by atoms with Gasteiger partial charge < -0.3 is 19.7 Å². The van der Waals surface area contributed by atoms with Gasteiger partial charge in [0, 0.05) is 31.0 Å². The molecule has 30 heavy (non-hydrogen) atoms. The molecule has 1 unspecified atom stereocenters. The van der Waals surface area contributed by atoms with Crippen molar-refractivity contribution in [2.45, 2.75) is 26.1 Å². The van der Waals surface area contributed by atoms with Crippen LogP contribution in [0.2, 0.25) is 0 Å². The Labute approximate surface area is 172 Å². The molecule has 7 nitrogen and oxygen atoms in total. The van der Waals surface area contributed by atoms with Crippen molar-refractivity contribution in [3.8, 4) is 5.88 Å². The second-order valence-electron chi connectivity index (χ2n) is 6.95. The maximum Gasteiger partial charge on any atom is 0.422 e. The highest BCUT2D eigenvalue weighted by Gasteiger charge is 2.29. The van der Waals surface area contributed by atoms with Gasteiger partial charge in [-0.05, 0) is 37.6 Å². The number of hydrogen-bond donors (Lipinski definition) is 1. The van der Waals surface area contributed by atoms with Gasteiger partial charge in [0.2, 0.25) is 5.88 Å². The first-order valence-electron chi connectivity index (χ1n) is 9.49. The molecule has 1 aliphatic rings. The Bertz CT molecular complexity index is 886. The van der Waals surface area contributed by atoms with Crippen LogP contribution in [-0.4, -0.2) is 55.0 Å². The Balaban J connectivity index is 1.83. The number of carbonyl (C=O) groups excluding carboxylic acids is 1. The Morgan fingerprint density at radius 1 is 1.30 bits per heavy atom. The van der Waals surface area contributed by atoms with E-state index in [-0.39, 0.29) is 29.2 Å². The molecule has 2 aromatic rings. The minimum Gasteiger partial charge on any atom is -0.468 e. The lowest BCUT2D eigenvalue weighted by Crippen LogP contribution is -2.39. The first-order chi connectivity index (χ1) is 14.2. The summed E-state index contributed by atoms with van der Waals surface area (Å²) in [6, 6.07) is 6.10. The summed E-state index contributed by atoms with van der Waals surface area (Å²) in [5.74, 6) is -0.301. The zero-order chi connectivity index (χ0) is 21.7. The fraction of sp³-hybridized carbons (Fsp3) is 0.450. The summed E-state index contributed by atoms with van der Waals surface area (Å²) in [6.07, 6.45) is -2.81. The number of pyridine rings is 2. The van der Waals surface area contributed by atoms with Crippen LogP contribution >= 0.6 is 0 Å². The van der Waals surface area contributed by atoms with Crippen LogP contribution in [0.1, 0.15) is 34.6 Å². The lowest BCUT2D eigenvalue weighted by molar-refractivity contribution is -0.154. The Morgan fingerprint density at radius 2 is 2.03 bits per heavy atom. The van der Waals surface area contributed by atoms with Crippen molar-refractivity contribution < 1.29 is 27.4 Å². The van der Waals surface area contributed by atoms with Crippen LogP contribution in [0.5, 0.6) is 5.88 Å². The van der Waals surface area contributed by atoms with E-state index in [0.717, 1.165) is 11.3 Å². The average Bonchev–Trinajstić information content (AvgIpc) is 2.72. The van der Waals surface area contributed by atoms with Gasteiger partial charge in [0.25, 0.3) is 5.91 Å². The van der Waals surface area contributed by atoms with Crippen LogP contribution in [0.25, 0.3) is 0 Å². The first-order valence-corrected chi connectivity index (χ1v) is 9.49. The number of morpholine rings is 1. The highest BCUT2D eigenvalue weighted by atomic mass is 19.4. The maximum atomic E-state index is 13.0. The fourth-order valence-corrected chi connectivity index (χ4v) is 3.06. The number of nitrogens with zero attached hydrogens (tertiary/aromatic N) is 3. The van der Waals surface area contributed by atoms with E-state index in [0.29, 0.717) is 26.3 Å². The minimum absolute atomic E-state index is 0.192. The van der Waals surface area contributed by atoms with Crippen molar-refractivity contribution in [3.63, 3.8) is 0 Å². The molecule has 1 N–H and O–H groups in total. The fourth-order valence-electron chi connectivity index (χ4n) is 3.06. The number of ether oxygens (including phenoxy) is 2. The third-order valence-corrected chi connectivity index (χ3v) is 4.56. The van der Waals surface area contributed by atoms with Crippen molar-refractivity contribution in [1.82, 2.24) is 15.3 Å². The molecule has 0 spiro atoms. The van der Waals surface area contributed by atoms with Crippen LogP contribution < -0.4 is 15.0 Å². The molecule has 3 rings (SSSR count). The van der Waals surface area contributed by atoms with Crippen LogP contribution in [0.15, 0.2) is 30.5 Å². The number of alkyl halides is 3. The number of anilines is 1. The maximum absolute atomic E-state index is 13.0. The van der Waals surface area contributed by atoms with E-state index in [4.69, 9.17) is 9.47 Å². The second kappa shape index (κ2) is 9.29. The van der Waals surface area contributed by atoms with E-state index >= 15 is 0 Å². The molecule has 3 heterocycles. The number of aromatic nitrogens is 2. The van der Waals surface area contributed by atoms with E-state index in [1.807, 2.05) is 26.0 Å². The summed E-state index contributed by atoms with van der Waals surface area (Å²) in [5, 5.41) is 2.91. The number of amides is 1. The van der Waals surface area contributed by atoms with E-state index in [2.05, 4.69) is 15.3 Å². The number of hydrogen-bond acceptors (Lipinski definition) is 6. The SMILES string of the molecule is Cc1cc(C(C)NC(=O)c2ccc(OCC(F)(F)F)nc2N2CCOCC2)ccn1. The smallest absolute Gasteiger partial charge is 0.422 e. The van der Waals surface area contributed by atoms with Crippen molar-refractivity contribution in [2.75, 3.05) is 37.8 Å². The number of halogens is 3. The normalized spacial score (nSPS) is 15.6. The van der Waals surface area contributed by atoms with Gasteiger partial charge in [-0.25, -0.2) is 0 Å². The molecule has 1 aliphatic heterocycles. The monoisotopic (exact) mass is 424 g/mol. The van der Waals surface area contributed by atoms with Gasteiger partial charge in [-0.1, -0.05) is 0 Å². The number of nitrogens with one attached hydrogen (secondary N) is 1. The number of rotatable bonds is 6. The second-order valence-corrected chi connectivity index (χ2v) is 6.95. The Kier molecular flexibility index (Phi) is 6.76. The molecule has 0 bridgehead atoms. The van der Waals surface area contributed by atoms with E-state index in [1.54, 1.807) is 11.1 Å². The predicted molar refractivity (Wildman–Crippen MR) is 104 cm³/mol. The van der Waals surface area contributed by atoms with E-state index in [1.165, 1.54) is 12.1 Å². The molecular formula is C20H23F3N4O3. The standard InChI is InChI=1S/C20H23F3N4O3/c1-13-11-15(5-6-24-13)14(2)25-19(28)16-3-4-17(30-12-20(21,22)23)26-18(16)27-7-9-29-10-8-27/h3-6,11,14H,7-10,12H2,1-2H3,(H,25,28). The molecule has 0 aromatic carbocycles. The van der Waals surface area contributed by atoms with Gasteiger partial charge in [-0.2, -0.15) is 18.2 Å². The zero-order valence-corrected chi connectivity index (χ0v) is 16.7. The molecule has 1 fully saturated rings. The third kappa shape index (κ3) is 5.82. The van der Waals surface area contributed by atoms with Crippen molar-refractivity contribution in [3.05, 3.63) is 47.3 Å². The Hall–Kier alpha value is -2.88. The summed E-state index contributed by atoms with van der Waals surface area (Å²) in [7, 11) is 0. The van der Waals surface area contributed by atoms with Crippen LogP contribution in [-0.2, 0) is 4.74 Å². The summed E-state index contributed by atoms with van der Waals surface area (Å²) in [4.78, 5) is 23.1. The molecule has 0 aliphatic carbocycles. The van der Waals surface area contributed by atoms with Gasteiger partial charge >= 0.3 is 6.18 Å². The molecule has 1 amide bonds. The molecule has 1 atom stereocenters. The van der Waals surface area contributed by atoms with Gasteiger partial charge in [-0.15, -0.1) is 0 Å². The lowest BCUT2D eigenvalue weighted by atomic mass is 10.1. The molecule has 0 radical (unpaired) electrons. The highest BCUT2D eigenvalue weighted by molar-refractivity contribution is 5.99. The quantitative estimate of drug-likeness (QED) is 0.768. The van der Waals surface area contributed by atoms with E-state index in [9.17, 15) is 18.0 Å². The molecular weight excluding hydrogens is 401 g/mol. The van der Waals surface area contributed by atoms with Gasteiger partial charge in [0.05, 0.1) is 24.8 Å². The summed E-state index contributed by atoms with van der Waals surface area (Å²) in [5.41, 5.74) is 1.98. The minimum atomic E-state index is -4.48. The summed E-state index contributed by atoms with van der Waals surface area (Å²) in [6.45, 7) is 4.05. The number of aryl methyl sites for hydroxylation is 1. The largest absolute Gasteiger partial charge is 0.468 e. The van der Waals surface area contributed by atoms with Crippen molar-refractivity contribution >= 4 is 11.7 Å². The topological polar surface area (TPSA) is 76.6 Å². The van der Waals surface area contributed by atoms with E-state index < -0.39 is 12.8 Å². The summed E-state index contributed by atoms with van der Waals surface area (Å²) >= 11 is 0. The van der Waals surface area contributed by atoms with Crippen LogP contribution in [0, 0.1) is 6.92 Å². The third-order valence-electron chi connectivity index (χ3n) is 4.56. The molecule has 0 saturated carbocycles. The molecule has 1 saturated heterocycles. The van der Waals surface area contributed by atoms with Gasteiger partial charge in [0.1, 0.15) is 5.82 Å². The van der Waals surface area contributed by atoms with Crippen LogP contribution in [0.4, 0.5) is 19.0 Å². The highest BCUT2D eigenvalue weighted by Crippen LogP contribution is 2.25.